The van der Waals surface area contributed by atoms with Crippen molar-refractivity contribution in [2.24, 2.45) is 0 Å². The maximum Gasteiger partial charge on any atom is 0.165 e. The Hall–Kier alpha value is -1.95. The molecule has 2 heterocycles. The van der Waals surface area contributed by atoms with Crippen LogP contribution in [-0.2, 0) is 0 Å². The minimum atomic E-state index is -0.505. The second-order valence-electron chi connectivity index (χ2n) is 4.89. The lowest BCUT2D eigenvalue weighted by Gasteiger charge is -2.20. The number of nitrogens with zero attached hydrogens (tertiary/aromatic N) is 4. The molecule has 2 aromatic rings. The quantitative estimate of drug-likeness (QED) is 0.788. The van der Waals surface area contributed by atoms with E-state index in [9.17, 15) is 5.11 Å². The molecule has 0 radical (unpaired) electrons. The zero-order chi connectivity index (χ0) is 14.5. The lowest BCUT2D eigenvalue weighted by atomic mass is 10.1. The number of aromatic nitrogens is 4. The predicted octanol–water partition coefficient (Wildman–Crippen LogP) is 2.08. The molecule has 0 bridgehead atoms. The number of fused-ring (bicyclic) bond motifs is 1. The molecule has 2 aromatic heterocycles. The zero-order valence-corrected chi connectivity index (χ0v) is 11.9. The van der Waals surface area contributed by atoms with Crippen molar-refractivity contribution in [1.29, 1.82) is 0 Å². The first-order valence-corrected chi connectivity index (χ1v) is 6.91. The van der Waals surface area contributed by atoms with Gasteiger partial charge in [-0.15, -0.1) is 0 Å². The van der Waals surface area contributed by atoms with E-state index < -0.39 is 6.10 Å². The summed E-state index contributed by atoms with van der Waals surface area (Å²) in [6.45, 7) is 3.91. The van der Waals surface area contributed by atoms with Crippen LogP contribution in [0.15, 0.2) is 24.8 Å². The van der Waals surface area contributed by atoms with Gasteiger partial charge in [0.2, 0.25) is 0 Å². The molecule has 0 aliphatic carbocycles. The summed E-state index contributed by atoms with van der Waals surface area (Å²) < 4.78 is 1.87. The van der Waals surface area contributed by atoms with Crippen LogP contribution in [0.4, 0.5) is 5.82 Å². The number of hydrogen-bond donors (Lipinski definition) is 2. The molecule has 20 heavy (non-hydrogen) atoms. The van der Waals surface area contributed by atoms with E-state index in [1.54, 1.807) is 13.3 Å². The highest BCUT2D eigenvalue weighted by Gasteiger charge is 2.19. The summed E-state index contributed by atoms with van der Waals surface area (Å²) in [5.74, 6) is 0.361. The maximum absolute atomic E-state index is 10.0. The Morgan fingerprint density at radius 1 is 1.35 bits per heavy atom. The molecule has 0 amide bonds. The predicted molar refractivity (Wildman–Crippen MR) is 79.1 cm³/mol. The molecule has 6 nitrogen and oxygen atoms in total. The molecule has 0 aliphatic heterocycles. The number of nitrogens with two attached hydrogens (primary N) is 1. The molecule has 0 aromatic carbocycles. The number of imidazole rings is 1. The third-order valence-electron chi connectivity index (χ3n) is 3.30. The summed E-state index contributed by atoms with van der Waals surface area (Å²) in [7, 11) is 0. The number of hydrogen-bond acceptors (Lipinski definition) is 5. The number of allylic oxidation sites excluding steroid dienone is 2. The molecule has 2 atom stereocenters. The minimum absolute atomic E-state index is 0.109. The molecule has 108 valence electrons. The van der Waals surface area contributed by atoms with Crippen LogP contribution in [0.2, 0.25) is 0 Å². The summed E-state index contributed by atoms with van der Waals surface area (Å²) in [6.07, 6.45) is 9.71. The molecular weight excluding hydrogens is 254 g/mol. The first-order valence-electron chi connectivity index (χ1n) is 6.91. The number of rotatable bonds is 6. The highest BCUT2D eigenvalue weighted by atomic mass is 16.3. The number of anilines is 1. The first-order chi connectivity index (χ1) is 9.65. The van der Waals surface area contributed by atoms with E-state index in [0.717, 1.165) is 19.3 Å². The van der Waals surface area contributed by atoms with Crippen molar-refractivity contribution in [3.8, 4) is 0 Å². The fourth-order valence-electron chi connectivity index (χ4n) is 2.18. The zero-order valence-electron chi connectivity index (χ0n) is 11.9. The van der Waals surface area contributed by atoms with E-state index in [1.165, 1.54) is 6.33 Å². The van der Waals surface area contributed by atoms with Gasteiger partial charge in [-0.1, -0.05) is 25.5 Å². The van der Waals surface area contributed by atoms with E-state index in [2.05, 4.69) is 34.0 Å². The maximum atomic E-state index is 10.0. The van der Waals surface area contributed by atoms with Gasteiger partial charge in [-0.05, 0) is 19.8 Å². The van der Waals surface area contributed by atoms with E-state index in [-0.39, 0.29) is 6.04 Å². The van der Waals surface area contributed by atoms with Crippen molar-refractivity contribution >= 4 is 17.0 Å². The lowest BCUT2D eigenvalue weighted by Crippen LogP contribution is -2.20. The number of aliphatic hydroxyl groups excluding tert-OH is 1. The van der Waals surface area contributed by atoms with E-state index in [1.807, 2.05) is 4.57 Å². The highest BCUT2D eigenvalue weighted by Crippen LogP contribution is 2.23. The SMILES string of the molecule is CCC/C=C\C[C@H]([C@H](C)O)n1cnc2c(N)ncnc21. The van der Waals surface area contributed by atoms with Crippen LogP contribution in [0, 0.1) is 0 Å². The van der Waals surface area contributed by atoms with Gasteiger partial charge >= 0.3 is 0 Å². The van der Waals surface area contributed by atoms with Crippen molar-refractivity contribution in [2.75, 3.05) is 5.73 Å². The molecule has 0 aliphatic rings. The van der Waals surface area contributed by atoms with Gasteiger partial charge in [0.15, 0.2) is 11.5 Å². The molecule has 0 spiro atoms. The Balaban J connectivity index is 2.30. The molecule has 2 rings (SSSR count). The lowest BCUT2D eigenvalue weighted by molar-refractivity contribution is 0.132. The van der Waals surface area contributed by atoms with Crippen molar-refractivity contribution in [2.45, 2.75) is 45.3 Å². The average Bonchev–Trinajstić information content (AvgIpc) is 2.84. The van der Waals surface area contributed by atoms with Gasteiger partial charge in [0.25, 0.3) is 0 Å². The number of nitrogen functional groups attached to an aromatic ring is 1. The highest BCUT2D eigenvalue weighted by molar-refractivity contribution is 5.81. The van der Waals surface area contributed by atoms with Crippen molar-refractivity contribution < 1.29 is 5.11 Å². The fourth-order valence-corrected chi connectivity index (χ4v) is 2.18. The standard InChI is InChI=1S/C14H21N5O/c1-3-4-5-6-7-11(10(2)20)19-9-18-12-13(15)16-8-17-14(12)19/h5-6,8-11,20H,3-4,7H2,1-2H3,(H2,15,16,17)/b6-5-/t10-,11+/m0/s1. The molecule has 0 saturated heterocycles. The Bertz CT molecular complexity index is 590. The number of unbranched alkanes of at least 4 members (excludes halogenated alkanes) is 1. The Kier molecular flexibility index (Phi) is 4.68. The molecule has 3 N–H and O–H groups in total. The van der Waals surface area contributed by atoms with Gasteiger partial charge in [-0.2, -0.15) is 0 Å². The smallest absolute Gasteiger partial charge is 0.165 e. The summed E-state index contributed by atoms with van der Waals surface area (Å²) in [4.78, 5) is 12.4. The van der Waals surface area contributed by atoms with E-state index in [4.69, 9.17) is 5.73 Å². The summed E-state index contributed by atoms with van der Waals surface area (Å²) in [6, 6.07) is -0.109. The Labute approximate surface area is 118 Å². The summed E-state index contributed by atoms with van der Waals surface area (Å²) >= 11 is 0. The first kappa shape index (κ1) is 14.5. The summed E-state index contributed by atoms with van der Waals surface area (Å²) in [5, 5.41) is 10.0. The van der Waals surface area contributed by atoms with Gasteiger partial charge in [-0.3, -0.25) is 0 Å². The Morgan fingerprint density at radius 3 is 2.85 bits per heavy atom. The molecule has 0 saturated carbocycles. The topological polar surface area (TPSA) is 89.8 Å². The van der Waals surface area contributed by atoms with E-state index in [0.29, 0.717) is 17.0 Å². The van der Waals surface area contributed by atoms with Crippen molar-refractivity contribution in [3.05, 3.63) is 24.8 Å². The third kappa shape index (κ3) is 2.96. The molecular formula is C14H21N5O. The Morgan fingerprint density at radius 2 is 2.15 bits per heavy atom. The van der Waals surface area contributed by atoms with Crippen molar-refractivity contribution in [1.82, 2.24) is 19.5 Å². The van der Waals surface area contributed by atoms with Crippen LogP contribution in [0.3, 0.4) is 0 Å². The van der Waals surface area contributed by atoms with Crippen LogP contribution in [0.25, 0.3) is 11.2 Å². The van der Waals surface area contributed by atoms with Crippen LogP contribution >= 0.6 is 0 Å². The van der Waals surface area contributed by atoms with Gasteiger partial charge in [0, 0.05) is 0 Å². The van der Waals surface area contributed by atoms with Crippen LogP contribution in [-0.4, -0.2) is 30.7 Å². The molecule has 0 unspecified atom stereocenters. The second-order valence-corrected chi connectivity index (χ2v) is 4.89. The monoisotopic (exact) mass is 275 g/mol. The van der Waals surface area contributed by atoms with Gasteiger partial charge in [0.1, 0.15) is 11.8 Å². The summed E-state index contributed by atoms with van der Waals surface area (Å²) in [5.41, 5.74) is 7.02. The minimum Gasteiger partial charge on any atom is -0.391 e. The molecule has 6 heteroatoms. The third-order valence-corrected chi connectivity index (χ3v) is 3.30. The average molecular weight is 275 g/mol. The fraction of sp³-hybridized carbons (Fsp3) is 0.500. The van der Waals surface area contributed by atoms with E-state index >= 15 is 0 Å². The van der Waals surface area contributed by atoms with Crippen LogP contribution < -0.4 is 5.73 Å². The number of aliphatic hydroxyl groups is 1. The van der Waals surface area contributed by atoms with Gasteiger partial charge < -0.3 is 15.4 Å². The van der Waals surface area contributed by atoms with Crippen LogP contribution in [0.5, 0.6) is 0 Å². The van der Waals surface area contributed by atoms with Gasteiger partial charge in [0.05, 0.1) is 18.5 Å². The van der Waals surface area contributed by atoms with Crippen molar-refractivity contribution in [3.63, 3.8) is 0 Å². The second kappa shape index (κ2) is 6.47. The van der Waals surface area contributed by atoms with Gasteiger partial charge in [-0.25, -0.2) is 15.0 Å². The largest absolute Gasteiger partial charge is 0.391 e. The molecule has 0 fully saturated rings. The normalized spacial score (nSPS) is 14.9. The van der Waals surface area contributed by atoms with Crippen LogP contribution in [0.1, 0.15) is 39.2 Å².